The highest BCUT2D eigenvalue weighted by atomic mass is 16.3. The van der Waals surface area contributed by atoms with Crippen molar-refractivity contribution in [2.24, 2.45) is 23.7 Å². The maximum atomic E-state index is 12.2. The standard InChI is InChI=1S/C17H30N2O2/c1-12-4-6-19(7-5-12)11-15(20)10-18-17(21)16-9-13-2-3-14(16)8-13/h12-16,20H,2-11H2,1H3,(H,18,21). The van der Waals surface area contributed by atoms with Gasteiger partial charge in [0.25, 0.3) is 0 Å². The third kappa shape index (κ3) is 3.78. The number of nitrogens with zero attached hydrogens (tertiary/aromatic N) is 1. The molecule has 1 amide bonds. The van der Waals surface area contributed by atoms with E-state index < -0.39 is 6.10 Å². The minimum atomic E-state index is -0.430. The van der Waals surface area contributed by atoms with Gasteiger partial charge in [-0.2, -0.15) is 0 Å². The molecule has 3 fully saturated rings. The molecule has 2 saturated carbocycles. The first-order valence-electron chi connectivity index (χ1n) is 8.80. The first-order valence-corrected chi connectivity index (χ1v) is 8.80. The van der Waals surface area contributed by atoms with Gasteiger partial charge in [-0.05, 0) is 62.9 Å². The number of hydrogen-bond acceptors (Lipinski definition) is 3. The van der Waals surface area contributed by atoms with E-state index in [9.17, 15) is 9.90 Å². The van der Waals surface area contributed by atoms with Crippen molar-refractivity contribution >= 4 is 5.91 Å². The van der Waals surface area contributed by atoms with Crippen LogP contribution in [0.15, 0.2) is 0 Å². The summed E-state index contributed by atoms with van der Waals surface area (Å²) in [4.78, 5) is 14.6. The van der Waals surface area contributed by atoms with E-state index in [2.05, 4.69) is 17.1 Å². The molecule has 1 aliphatic heterocycles. The predicted molar refractivity (Wildman–Crippen MR) is 82.8 cm³/mol. The average Bonchev–Trinajstić information content (AvgIpc) is 3.10. The number of amides is 1. The van der Waals surface area contributed by atoms with E-state index in [4.69, 9.17) is 0 Å². The quantitative estimate of drug-likeness (QED) is 0.810. The Morgan fingerprint density at radius 2 is 2.00 bits per heavy atom. The molecule has 2 N–H and O–H groups in total. The Hall–Kier alpha value is -0.610. The Bertz CT molecular complexity index is 366. The van der Waals surface area contributed by atoms with Gasteiger partial charge in [-0.15, -0.1) is 0 Å². The number of fused-ring (bicyclic) bond motifs is 2. The smallest absolute Gasteiger partial charge is 0.223 e. The molecule has 120 valence electrons. The summed E-state index contributed by atoms with van der Waals surface area (Å²) in [6.07, 6.45) is 6.92. The van der Waals surface area contributed by atoms with Crippen LogP contribution in [0.3, 0.4) is 0 Å². The lowest BCUT2D eigenvalue weighted by Crippen LogP contribution is -2.44. The summed E-state index contributed by atoms with van der Waals surface area (Å²) < 4.78 is 0. The number of piperidine rings is 1. The van der Waals surface area contributed by atoms with Gasteiger partial charge in [0.05, 0.1) is 6.10 Å². The highest BCUT2D eigenvalue weighted by Crippen LogP contribution is 2.48. The third-order valence-electron chi connectivity index (χ3n) is 5.93. The van der Waals surface area contributed by atoms with E-state index in [1.165, 1.54) is 32.1 Å². The summed E-state index contributed by atoms with van der Waals surface area (Å²) in [5, 5.41) is 13.1. The molecule has 2 bridgehead atoms. The number of β-amino-alcohol motifs (C(OH)–C–C–N with tert-alkyl or cyclic N) is 1. The van der Waals surface area contributed by atoms with E-state index in [0.717, 1.165) is 31.3 Å². The molecule has 0 aromatic heterocycles. The summed E-state index contributed by atoms with van der Waals surface area (Å²) in [7, 11) is 0. The molecule has 1 saturated heterocycles. The maximum absolute atomic E-state index is 12.2. The Morgan fingerprint density at radius 1 is 1.24 bits per heavy atom. The van der Waals surface area contributed by atoms with Gasteiger partial charge >= 0.3 is 0 Å². The van der Waals surface area contributed by atoms with Crippen molar-refractivity contribution in [2.45, 2.75) is 51.6 Å². The lowest BCUT2D eigenvalue weighted by Gasteiger charge is -2.31. The largest absolute Gasteiger partial charge is 0.390 e. The van der Waals surface area contributed by atoms with E-state index >= 15 is 0 Å². The molecule has 3 aliphatic rings. The van der Waals surface area contributed by atoms with Crippen LogP contribution in [-0.4, -0.2) is 48.2 Å². The second kappa shape index (κ2) is 6.66. The minimum absolute atomic E-state index is 0.188. The number of nitrogens with one attached hydrogen (secondary N) is 1. The average molecular weight is 294 g/mol. The SMILES string of the molecule is CC1CCN(CC(O)CNC(=O)C2CC3CCC2C3)CC1. The fourth-order valence-corrected chi connectivity index (χ4v) is 4.52. The fourth-order valence-electron chi connectivity index (χ4n) is 4.52. The fraction of sp³-hybridized carbons (Fsp3) is 0.941. The first-order chi connectivity index (χ1) is 10.1. The molecule has 4 nitrogen and oxygen atoms in total. The summed E-state index contributed by atoms with van der Waals surface area (Å²) in [5.74, 6) is 2.65. The molecule has 4 atom stereocenters. The monoisotopic (exact) mass is 294 g/mol. The molecule has 0 spiro atoms. The normalized spacial score (nSPS) is 35.0. The van der Waals surface area contributed by atoms with Crippen molar-refractivity contribution in [1.29, 1.82) is 0 Å². The first kappa shape index (κ1) is 15.3. The van der Waals surface area contributed by atoms with Crippen LogP contribution in [0.2, 0.25) is 0 Å². The number of carbonyl (C=O) groups excluding carboxylic acids is 1. The van der Waals surface area contributed by atoms with Crippen LogP contribution in [0.4, 0.5) is 0 Å². The lowest BCUT2D eigenvalue weighted by atomic mass is 9.88. The Labute approximate surface area is 128 Å². The van der Waals surface area contributed by atoms with Gasteiger partial charge in [0, 0.05) is 19.0 Å². The van der Waals surface area contributed by atoms with E-state index in [1.807, 2.05) is 0 Å². The molecule has 21 heavy (non-hydrogen) atoms. The summed E-state index contributed by atoms with van der Waals surface area (Å²) in [6.45, 7) is 5.57. The van der Waals surface area contributed by atoms with Gasteiger partial charge in [0.15, 0.2) is 0 Å². The second-order valence-corrected chi connectivity index (χ2v) is 7.66. The van der Waals surface area contributed by atoms with Crippen molar-refractivity contribution in [3.63, 3.8) is 0 Å². The Morgan fingerprint density at radius 3 is 2.62 bits per heavy atom. The van der Waals surface area contributed by atoms with Crippen LogP contribution < -0.4 is 5.32 Å². The zero-order valence-electron chi connectivity index (χ0n) is 13.3. The zero-order chi connectivity index (χ0) is 14.8. The lowest BCUT2D eigenvalue weighted by molar-refractivity contribution is -0.127. The number of aliphatic hydroxyl groups is 1. The highest BCUT2D eigenvalue weighted by molar-refractivity contribution is 5.79. The molecule has 0 radical (unpaired) electrons. The van der Waals surface area contributed by atoms with Crippen molar-refractivity contribution in [3.05, 3.63) is 0 Å². The molecule has 0 aromatic carbocycles. The van der Waals surface area contributed by atoms with Gasteiger partial charge in [0.2, 0.25) is 5.91 Å². The van der Waals surface area contributed by atoms with Gasteiger partial charge in [0.1, 0.15) is 0 Å². The number of carbonyl (C=O) groups is 1. The zero-order valence-corrected chi connectivity index (χ0v) is 13.3. The van der Waals surface area contributed by atoms with E-state index in [-0.39, 0.29) is 11.8 Å². The van der Waals surface area contributed by atoms with Crippen molar-refractivity contribution in [3.8, 4) is 0 Å². The maximum Gasteiger partial charge on any atom is 0.223 e. The van der Waals surface area contributed by atoms with Gasteiger partial charge in [-0.1, -0.05) is 13.3 Å². The van der Waals surface area contributed by atoms with E-state index in [1.54, 1.807) is 0 Å². The predicted octanol–water partition coefficient (Wildman–Crippen LogP) is 1.63. The van der Waals surface area contributed by atoms with Crippen molar-refractivity contribution in [1.82, 2.24) is 10.2 Å². The molecule has 4 unspecified atom stereocenters. The number of rotatable bonds is 5. The molecular weight excluding hydrogens is 264 g/mol. The number of likely N-dealkylation sites (tertiary alicyclic amines) is 1. The molecule has 2 aliphatic carbocycles. The third-order valence-corrected chi connectivity index (χ3v) is 5.93. The van der Waals surface area contributed by atoms with Gasteiger partial charge < -0.3 is 15.3 Å². The van der Waals surface area contributed by atoms with Crippen LogP contribution in [0.1, 0.15) is 45.4 Å². The Balaban J connectivity index is 1.35. The highest BCUT2D eigenvalue weighted by Gasteiger charge is 2.42. The molecule has 1 heterocycles. The van der Waals surface area contributed by atoms with Crippen LogP contribution >= 0.6 is 0 Å². The number of hydrogen-bond donors (Lipinski definition) is 2. The van der Waals surface area contributed by atoms with Crippen LogP contribution in [0.5, 0.6) is 0 Å². The molecule has 3 rings (SSSR count). The summed E-state index contributed by atoms with van der Waals surface area (Å²) in [6, 6.07) is 0. The van der Waals surface area contributed by atoms with Crippen LogP contribution in [0, 0.1) is 23.7 Å². The summed E-state index contributed by atoms with van der Waals surface area (Å²) in [5.41, 5.74) is 0. The summed E-state index contributed by atoms with van der Waals surface area (Å²) >= 11 is 0. The molecular formula is C17H30N2O2. The van der Waals surface area contributed by atoms with Crippen molar-refractivity contribution in [2.75, 3.05) is 26.2 Å². The topological polar surface area (TPSA) is 52.6 Å². The van der Waals surface area contributed by atoms with Gasteiger partial charge in [-0.25, -0.2) is 0 Å². The number of aliphatic hydroxyl groups excluding tert-OH is 1. The van der Waals surface area contributed by atoms with Crippen LogP contribution in [-0.2, 0) is 4.79 Å². The second-order valence-electron chi connectivity index (χ2n) is 7.66. The van der Waals surface area contributed by atoms with Crippen LogP contribution in [0.25, 0.3) is 0 Å². The van der Waals surface area contributed by atoms with E-state index in [0.29, 0.717) is 19.0 Å². The van der Waals surface area contributed by atoms with Crippen molar-refractivity contribution < 1.29 is 9.90 Å². The Kier molecular flexibility index (Phi) is 4.85. The molecule has 0 aromatic rings. The van der Waals surface area contributed by atoms with Gasteiger partial charge in [-0.3, -0.25) is 4.79 Å². The minimum Gasteiger partial charge on any atom is -0.390 e. The molecule has 4 heteroatoms.